The van der Waals surface area contributed by atoms with Crippen LogP contribution in [0, 0.1) is 0 Å². The van der Waals surface area contributed by atoms with E-state index in [1.807, 2.05) is 0 Å². The summed E-state index contributed by atoms with van der Waals surface area (Å²) in [6, 6.07) is 11.1. The molecule has 29 heavy (non-hydrogen) atoms. The van der Waals surface area contributed by atoms with Crippen LogP contribution in [0.3, 0.4) is 0 Å². The van der Waals surface area contributed by atoms with Crippen LogP contribution in [0.25, 0.3) is 11.0 Å². The number of sulfonamides is 1. The topological polar surface area (TPSA) is 75.2 Å². The zero-order valence-corrected chi connectivity index (χ0v) is 16.0. The van der Waals surface area contributed by atoms with E-state index in [1.165, 1.54) is 6.07 Å². The molecule has 2 heterocycles. The highest BCUT2D eigenvalue weighted by molar-refractivity contribution is 7.89. The van der Waals surface area contributed by atoms with Gasteiger partial charge in [0, 0.05) is 19.1 Å². The maximum atomic E-state index is 13.3. The Morgan fingerprint density at radius 1 is 0.966 bits per heavy atom. The van der Waals surface area contributed by atoms with Crippen molar-refractivity contribution in [3.8, 4) is 0 Å². The molecule has 3 aromatic rings. The van der Waals surface area contributed by atoms with Crippen LogP contribution in [0.15, 0.2) is 58.2 Å². The number of nitrogens with one attached hydrogen (secondary N) is 1. The molecule has 10 heteroatoms. The number of H-pyrrole nitrogens is 1. The third kappa shape index (κ3) is 3.46. The van der Waals surface area contributed by atoms with Crippen molar-refractivity contribution in [3.05, 3.63) is 64.6 Å². The largest absolute Gasteiger partial charge is 0.417 e. The number of rotatable bonds is 3. The zero-order valence-electron chi connectivity index (χ0n) is 15.2. The number of hydrogen-bond acceptors (Lipinski definition) is 3. The van der Waals surface area contributed by atoms with Crippen molar-refractivity contribution in [1.29, 1.82) is 0 Å². The second kappa shape index (κ2) is 7.03. The van der Waals surface area contributed by atoms with Crippen LogP contribution in [0.5, 0.6) is 0 Å². The van der Waals surface area contributed by atoms with E-state index in [9.17, 15) is 26.4 Å². The van der Waals surface area contributed by atoms with E-state index in [2.05, 4.69) is 4.98 Å². The van der Waals surface area contributed by atoms with Gasteiger partial charge >= 0.3 is 11.9 Å². The van der Waals surface area contributed by atoms with E-state index in [-0.39, 0.29) is 24.8 Å². The summed E-state index contributed by atoms with van der Waals surface area (Å²) in [6.07, 6.45) is -4.11. The van der Waals surface area contributed by atoms with Crippen molar-refractivity contribution < 1.29 is 21.6 Å². The number of alkyl halides is 3. The van der Waals surface area contributed by atoms with E-state index in [0.717, 1.165) is 28.0 Å². The molecule has 154 valence electrons. The van der Waals surface area contributed by atoms with Crippen molar-refractivity contribution in [2.75, 3.05) is 13.1 Å². The number of benzene rings is 2. The Morgan fingerprint density at radius 2 is 1.59 bits per heavy atom. The summed E-state index contributed by atoms with van der Waals surface area (Å²) in [6.45, 7) is 0.0658. The molecule has 0 atom stereocenters. The predicted octanol–water partition coefficient (Wildman–Crippen LogP) is 3.37. The highest BCUT2D eigenvalue weighted by Crippen LogP contribution is 2.36. The van der Waals surface area contributed by atoms with Crippen LogP contribution in [-0.2, 0) is 16.2 Å². The third-order valence-electron chi connectivity index (χ3n) is 5.22. The lowest BCUT2D eigenvalue weighted by Gasteiger charge is -2.32. The number of hydrogen-bond donors (Lipinski definition) is 1. The lowest BCUT2D eigenvalue weighted by molar-refractivity contribution is -0.139. The molecule has 0 bridgehead atoms. The molecule has 0 radical (unpaired) electrons. The van der Waals surface area contributed by atoms with Crippen molar-refractivity contribution in [1.82, 2.24) is 13.9 Å². The molecule has 0 amide bonds. The van der Waals surface area contributed by atoms with Gasteiger partial charge in [-0.1, -0.05) is 24.3 Å². The summed E-state index contributed by atoms with van der Waals surface area (Å²) < 4.78 is 68.2. The molecule has 2 aromatic carbocycles. The lowest BCUT2D eigenvalue weighted by atomic mass is 10.1. The van der Waals surface area contributed by atoms with E-state index in [1.54, 1.807) is 28.8 Å². The first-order chi connectivity index (χ1) is 13.7. The zero-order chi connectivity index (χ0) is 20.8. The normalized spacial score (nSPS) is 17.1. The standard InChI is InChI=1S/C19H18F3N3O3S/c20-19(21,22)14-5-1-4-8-17(14)29(27,28)24-11-9-13(10-12-24)25-16-7-3-2-6-15(16)23-18(25)26/h1-8,13H,9-12H2,(H,23,26). The minimum Gasteiger partial charge on any atom is -0.306 e. The van der Waals surface area contributed by atoms with Crippen LogP contribution in [-0.4, -0.2) is 35.4 Å². The summed E-state index contributed by atoms with van der Waals surface area (Å²) in [5.74, 6) is 0. The van der Waals surface area contributed by atoms with Gasteiger partial charge in [-0.3, -0.25) is 4.57 Å². The number of halogens is 3. The number of imidazole rings is 1. The van der Waals surface area contributed by atoms with E-state index < -0.39 is 26.7 Å². The fourth-order valence-corrected chi connectivity index (χ4v) is 5.52. The van der Waals surface area contributed by atoms with Crippen molar-refractivity contribution in [2.24, 2.45) is 0 Å². The van der Waals surface area contributed by atoms with E-state index in [0.29, 0.717) is 18.4 Å². The van der Waals surface area contributed by atoms with Crippen LogP contribution >= 0.6 is 0 Å². The maximum Gasteiger partial charge on any atom is 0.417 e. The molecule has 0 spiro atoms. The van der Waals surface area contributed by atoms with Gasteiger partial charge < -0.3 is 4.98 Å². The molecule has 1 aliphatic heterocycles. The van der Waals surface area contributed by atoms with Crippen molar-refractivity contribution in [3.63, 3.8) is 0 Å². The average Bonchev–Trinajstić information content (AvgIpc) is 3.03. The molecular weight excluding hydrogens is 407 g/mol. The van der Waals surface area contributed by atoms with Gasteiger partial charge in [-0.25, -0.2) is 13.2 Å². The summed E-state index contributed by atoms with van der Waals surface area (Å²) >= 11 is 0. The van der Waals surface area contributed by atoms with Crippen LogP contribution < -0.4 is 5.69 Å². The monoisotopic (exact) mass is 425 g/mol. The van der Waals surface area contributed by atoms with Gasteiger partial charge in [-0.15, -0.1) is 0 Å². The van der Waals surface area contributed by atoms with Gasteiger partial charge in [0.05, 0.1) is 21.5 Å². The van der Waals surface area contributed by atoms with Gasteiger partial charge in [0.25, 0.3) is 0 Å². The molecular formula is C19H18F3N3O3S. The molecule has 1 N–H and O–H groups in total. The smallest absolute Gasteiger partial charge is 0.306 e. The highest BCUT2D eigenvalue weighted by Gasteiger charge is 2.39. The molecule has 1 saturated heterocycles. The summed E-state index contributed by atoms with van der Waals surface area (Å²) in [7, 11) is -4.30. The van der Waals surface area contributed by atoms with Crippen molar-refractivity contribution in [2.45, 2.75) is 30.0 Å². The Kier molecular flexibility index (Phi) is 4.78. The number of para-hydroxylation sites is 2. The summed E-state index contributed by atoms with van der Waals surface area (Å²) in [5.41, 5.74) is -0.0437. The first-order valence-corrected chi connectivity index (χ1v) is 10.5. The van der Waals surface area contributed by atoms with Crippen molar-refractivity contribution >= 4 is 21.1 Å². The second-order valence-corrected chi connectivity index (χ2v) is 8.85. The maximum absolute atomic E-state index is 13.3. The second-order valence-electron chi connectivity index (χ2n) is 6.95. The predicted molar refractivity (Wildman–Crippen MR) is 101 cm³/mol. The Hall–Kier alpha value is -2.59. The fourth-order valence-electron chi connectivity index (χ4n) is 3.84. The van der Waals surface area contributed by atoms with Gasteiger partial charge in [-0.2, -0.15) is 17.5 Å². The van der Waals surface area contributed by atoms with Gasteiger partial charge in [0.1, 0.15) is 0 Å². The van der Waals surface area contributed by atoms with Gasteiger partial charge in [-0.05, 0) is 37.1 Å². The third-order valence-corrected chi connectivity index (χ3v) is 7.18. The Balaban J connectivity index is 1.60. The first kappa shape index (κ1) is 19.7. The Bertz CT molecular complexity index is 1210. The first-order valence-electron chi connectivity index (χ1n) is 9.05. The Morgan fingerprint density at radius 3 is 2.28 bits per heavy atom. The quantitative estimate of drug-likeness (QED) is 0.699. The van der Waals surface area contributed by atoms with E-state index in [4.69, 9.17) is 0 Å². The minimum atomic E-state index is -4.76. The molecule has 6 nitrogen and oxygen atoms in total. The Labute approximate surface area is 164 Å². The molecule has 0 saturated carbocycles. The van der Waals surface area contributed by atoms with Crippen LogP contribution in [0.1, 0.15) is 24.4 Å². The number of piperidine rings is 1. The van der Waals surface area contributed by atoms with Gasteiger partial charge in [0.2, 0.25) is 10.0 Å². The SMILES string of the molecule is O=c1[nH]c2ccccc2n1C1CCN(S(=O)(=O)c2ccccc2C(F)(F)F)CC1. The molecule has 1 aromatic heterocycles. The van der Waals surface area contributed by atoms with Gasteiger partial charge in [0.15, 0.2) is 0 Å². The lowest BCUT2D eigenvalue weighted by Crippen LogP contribution is -2.41. The summed E-state index contributed by atoms with van der Waals surface area (Å²) in [4.78, 5) is 14.4. The molecule has 1 aliphatic rings. The highest BCUT2D eigenvalue weighted by atomic mass is 32.2. The average molecular weight is 425 g/mol. The van der Waals surface area contributed by atoms with Crippen LogP contribution in [0.4, 0.5) is 13.2 Å². The number of fused-ring (bicyclic) bond motifs is 1. The molecule has 0 unspecified atom stereocenters. The molecule has 0 aliphatic carbocycles. The van der Waals surface area contributed by atoms with Crippen LogP contribution in [0.2, 0.25) is 0 Å². The number of aromatic amines is 1. The number of aromatic nitrogens is 2. The molecule has 1 fully saturated rings. The number of nitrogens with zero attached hydrogens (tertiary/aromatic N) is 2. The van der Waals surface area contributed by atoms with E-state index >= 15 is 0 Å². The molecule has 4 rings (SSSR count). The minimum absolute atomic E-state index is 0.0329. The summed E-state index contributed by atoms with van der Waals surface area (Å²) in [5, 5.41) is 0. The fraction of sp³-hybridized carbons (Fsp3) is 0.316.